The zero-order valence-corrected chi connectivity index (χ0v) is 17.3. The van der Waals surface area contributed by atoms with Crippen molar-refractivity contribution in [3.05, 3.63) is 54.0 Å². The molecule has 0 aliphatic heterocycles. The van der Waals surface area contributed by atoms with Crippen LogP contribution in [0, 0.1) is 0 Å². The lowest BCUT2D eigenvalue weighted by atomic mass is 10.2. The zero-order chi connectivity index (χ0) is 17.3. The lowest BCUT2D eigenvalue weighted by Gasteiger charge is -2.14. The van der Waals surface area contributed by atoms with E-state index in [9.17, 15) is 0 Å². The second kappa shape index (κ2) is 10.9. The Bertz CT molecular complexity index is 689. The summed E-state index contributed by atoms with van der Waals surface area (Å²) < 4.78 is 5.96. The molecule has 1 saturated carbocycles. The molecule has 3 rings (SSSR count). The molecule has 2 aromatic heterocycles. The SMILES string of the molecule is CN=C(NCc1ccnc(OC2CCCC2)c1)NCc1ccccn1.I. The van der Waals surface area contributed by atoms with Crippen LogP contribution in [-0.2, 0) is 13.1 Å². The van der Waals surface area contributed by atoms with Gasteiger partial charge in [-0.25, -0.2) is 4.98 Å². The fourth-order valence-electron chi connectivity index (χ4n) is 2.89. The number of guanidine groups is 1. The van der Waals surface area contributed by atoms with E-state index in [0.29, 0.717) is 25.1 Å². The van der Waals surface area contributed by atoms with Crippen molar-refractivity contribution in [2.24, 2.45) is 4.99 Å². The predicted molar refractivity (Wildman–Crippen MR) is 114 cm³/mol. The number of pyridine rings is 2. The van der Waals surface area contributed by atoms with E-state index in [1.165, 1.54) is 12.8 Å². The number of aromatic nitrogens is 2. The van der Waals surface area contributed by atoms with Gasteiger partial charge in [0, 0.05) is 32.1 Å². The second-order valence-electron chi connectivity index (χ2n) is 6.13. The van der Waals surface area contributed by atoms with Gasteiger partial charge >= 0.3 is 0 Å². The van der Waals surface area contributed by atoms with E-state index < -0.39 is 0 Å². The van der Waals surface area contributed by atoms with Gasteiger partial charge in [-0.1, -0.05) is 6.07 Å². The maximum Gasteiger partial charge on any atom is 0.213 e. The third-order valence-electron chi connectivity index (χ3n) is 4.24. The summed E-state index contributed by atoms with van der Waals surface area (Å²) in [5, 5.41) is 6.56. The van der Waals surface area contributed by atoms with E-state index in [-0.39, 0.29) is 24.0 Å². The molecular formula is C19H26IN5O. The molecule has 7 heteroatoms. The molecule has 140 valence electrons. The first-order valence-corrected chi connectivity index (χ1v) is 8.79. The summed E-state index contributed by atoms with van der Waals surface area (Å²) in [6, 6.07) is 9.85. The number of ether oxygens (including phenoxy) is 1. The van der Waals surface area contributed by atoms with E-state index in [1.54, 1.807) is 19.4 Å². The lowest BCUT2D eigenvalue weighted by Crippen LogP contribution is -2.36. The summed E-state index contributed by atoms with van der Waals surface area (Å²) in [6.07, 6.45) is 8.68. The van der Waals surface area contributed by atoms with Crippen LogP contribution in [0.2, 0.25) is 0 Å². The van der Waals surface area contributed by atoms with Crippen molar-refractivity contribution in [2.75, 3.05) is 7.05 Å². The van der Waals surface area contributed by atoms with E-state index >= 15 is 0 Å². The summed E-state index contributed by atoms with van der Waals surface area (Å²) in [4.78, 5) is 12.9. The highest BCUT2D eigenvalue weighted by Gasteiger charge is 2.17. The summed E-state index contributed by atoms with van der Waals surface area (Å²) in [7, 11) is 1.76. The largest absolute Gasteiger partial charge is 0.474 e. The second-order valence-corrected chi connectivity index (χ2v) is 6.13. The number of aliphatic imine (C=N–C) groups is 1. The van der Waals surface area contributed by atoms with Gasteiger partial charge in [-0.2, -0.15) is 0 Å². The summed E-state index contributed by atoms with van der Waals surface area (Å²) >= 11 is 0. The Morgan fingerprint density at radius 2 is 1.92 bits per heavy atom. The van der Waals surface area contributed by atoms with Crippen molar-refractivity contribution >= 4 is 29.9 Å². The molecule has 2 heterocycles. The highest BCUT2D eigenvalue weighted by atomic mass is 127. The van der Waals surface area contributed by atoms with E-state index in [4.69, 9.17) is 4.74 Å². The molecule has 2 N–H and O–H groups in total. The van der Waals surface area contributed by atoms with Crippen molar-refractivity contribution in [1.29, 1.82) is 0 Å². The molecule has 6 nitrogen and oxygen atoms in total. The maximum atomic E-state index is 5.96. The van der Waals surface area contributed by atoms with Crippen LogP contribution in [0.25, 0.3) is 0 Å². The van der Waals surface area contributed by atoms with E-state index in [0.717, 1.165) is 30.1 Å². The van der Waals surface area contributed by atoms with Gasteiger partial charge in [-0.3, -0.25) is 9.98 Å². The van der Waals surface area contributed by atoms with Crippen LogP contribution in [-0.4, -0.2) is 29.1 Å². The van der Waals surface area contributed by atoms with Crippen molar-refractivity contribution in [3.63, 3.8) is 0 Å². The minimum atomic E-state index is 0. The normalized spacial score (nSPS) is 14.6. The average Bonchev–Trinajstić information content (AvgIpc) is 3.16. The van der Waals surface area contributed by atoms with Gasteiger partial charge in [0.2, 0.25) is 5.88 Å². The Balaban J connectivity index is 0.00000243. The van der Waals surface area contributed by atoms with Gasteiger partial charge in [-0.05, 0) is 49.4 Å². The minimum absolute atomic E-state index is 0. The fraction of sp³-hybridized carbons (Fsp3) is 0.421. The molecule has 1 fully saturated rings. The Kier molecular flexibility index (Phi) is 8.60. The molecule has 0 radical (unpaired) electrons. The molecule has 26 heavy (non-hydrogen) atoms. The van der Waals surface area contributed by atoms with Crippen molar-refractivity contribution in [2.45, 2.75) is 44.9 Å². The molecule has 0 aromatic carbocycles. The Labute approximate surface area is 171 Å². The topological polar surface area (TPSA) is 71.4 Å². The molecule has 1 aliphatic carbocycles. The van der Waals surface area contributed by atoms with Crippen LogP contribution in [0.5, 0.6) is 5.88 Å². The molecule has 0 bridgehead atoms. The molecule has 1 aliphatic rings. The molecular weight excluding hydrogens is 441 g/mol. The van der Waals surface area contributed by atoms with E-state index in [1.807, 2.05) is 30.3 Å². The van der Waals surface area contributed by atoms with Gasteiger partial charge < -0.3 is 15.4 Å². The smallest absolute Gasteiger partial charge is 0.213 e. The highest BCUT2D eigenvalue weighted by molar-refractivity contribution is 14.0. The van der Waals surface area contributed by atoms with Crippen LogP contribution in [0.1, 0.15) is 36.9 Å². The number of hydrogen-bond acceptors (Lipinski definition) is 4. The standard InChI is InChI=1S/C19H25N5O.HI/c1-20-19(24-14-16-6-4-5-10-21-16)23-13-15-9-11-22-18(12-15)25-17-7-2-3-8-17;/h4-6,9-12,17H,2-3,7-8,13-14H2,1H3,(H2,20,23,24);1H. The summed E-state index contributed by atoms with van der Waals surface area (Å²) in [6.45, 7) is 1.29. The first-order valence-electron chi connectivity index (χ1n) is 8.79. The van der Waals surface area contributed by atoms with Crippen LogP contribution >= 0.6 is 24.0 Å². The molecule has 0 saturated heterocycles. The van der Waals surface area contributed by atoms with Crippen LogP contribution in [0.15, 0.2) is 47.7 Å². The lowest BCUT2D eigenvalue weighted by molar-refractivity contribution is 0.201. The van der Waals surface area contributed by atoms with Gasteiger partial charge in [0.05, 0.1) is 12.2 Å². The fourth-order valence-corrected chi connectivity index (χ4v) is 2.89. The summed E-state index contributed by atoms with van der Waals surface area (Å²) in [5.74, 6) is 1.45. The van der Waals surface area contributed by atoms with Gasteiger partial charge in [0.15, 0.2) is 5.96 Å². The van der Waals surface area contributed by atoms with Crippen LogP contribution in [0.4, 0.5) is 0 Å². The number of hydrogen-bond donors (Lipinski definition) is 2. The van der Waals surface area contributed by atoms with E-state index in [2.05, 4.69) is 25.6 Å². The van der Waals surface area contributed by atoms with Crippen molar-refractivity contribution in [1.82, 2.24) is 20.6 Å². The number of nitrogens with zero attached hydrogens (tertiary/aromatic N) is 3. The molecule has 0 amide bonds. The third kappa shape index (κ3) is 6.44. The quantitative estimate of drug-likeness (QED) is 0.388. The molecule has 0 spiro atoms. The summed E-state index contributed by atoms with van der Waals surface area (Å²) in [5.41, 5.74) is 2.09. The van der Waals surface area contributed by atoms with Crippen molar-refractivity contribution in [3.8, 4) is 5.88 Å². The van der Waals surface area contributed by atoms with Gasteiger partial charge in [-0.15, -0.1) is 24.0 Å². The number of nitrogens with one attached hydrogen (secondary N) is 2. The first-order chi connectivity index (χ1) is 12.3. The predicted octanol–water partition coefficient (Wildman–Crippen LogP) is 3.28. The average molecular weight is 467 g/mol. The Morgan fingerprint density at radius 1 is 1.12 bits per heavy atom. The van der Waals surface area contributed by atoms with Crippen LogP contribution in [0.3, 0.4) is 0 Å². The maximum absolute atomic E-state index is 5.96. The highest BCUT2D eigenvalue weighted by Crippen LogP contribution is 2.23. The first kappa shape index (κ1) is 20.4. The van der Waals surface area contributed by atoms with Gasteiger partial charge in [0.1, 0.15) is 6.10 Å². The Morgan fingerprint density at radius 3 is 2.65 bits per heavy atom. The zero-order valence-electron chi connectivity index (χ0n) is 15.0. The minimum Gasteiger partial charge on any atom is -0.474 e. The molecule has 2 aromatic rings. The Hall–Kier alpha value is -1.90. The monoisotopic (exact) mass is 467 g/mol. The molecule has 0 atom stereocenters. The third-order valence-corrected chi connectivity index (χ3v) is 4.24. The van der Waals surface area contributed by atoms with Crippen LogP contribution < -0.4 is 15.4 Å². The molecule has 0 unspecified atom stereocenters. The van der Waals surface area contributed by atoms with Crippen molar-refractivity contribution < 1.29 is 4.74 Å². The number of halogens is 1. The number of rotatable bonds is 6. The van der Waals surface area contributed by atoms with Gasteiger partial charge in [0.25, 0.3) is 0 Å².